The summed E-state index contributed by atoms with van der Waals surface area (Å²) in [6, 6.07) is 2.28. The molecule has 1 aromatic heterocycles. The highest BCUT2D eigenvalue weighted by molar-refractivity contribution is 6.31. The van der Waals surface area contributed by atoms with Crippen LogP contribution < -0.4 is 15.5 Å². The minimum Gasteiger partial charge on any atom is -0.480 e. The molecule has 0 aromatic carbocycles. The van der Waals surface area contributed by atoms with Gasteiger partial charge < -0.3 is 10.1 Å². The SMILES string of the molecule is COc1nc(NC2=C(C)N(C(C)(C)C#N)NC2C)ncc1Cl. The van der Waals surface area contributed by atoms with Gasteiger partial charge in [0.05, 0.1) is 31.1 Å². The van der Waals surface area contributed by atoms with Crippen LogP contribution in [0.1, 0.15) is 27.7 Å². The smallest absolute Gasteiger partial charge is 0.237 e. The van der Waals surface area contributed by atoms with Crippen molar-refractivity contribution in [3.63, 3.8) is 0 Å². The van der Waals surface area contributed by atoms with Crippen molar-refractivity contribution in [2.45, 2.75) is 39.3 Å². The monoisotopic (exact) mass is 322 g/mol. The second-order valence-corrected chi connectivity index (χ2v) is 5.94. The molecular formula is C14H19ClN6O. The molecular weight excluding hydrogens is 304 g/mol. The van der Waals surface area contributed by atoms with Crippen LogP contribution in [0.2, 0.25) is 5.02 Å². The van der Waals surface area contributed by atoms with E-state index in [-0.39, 0.29) is 6.04 Å². The summed E-state index contributed by atoms with van der Waals surface area (Å²) in [5.41, 5.74) is 4.41. The minimum atomic E-state index is -0.666. The molecule has 7 nitrogen and oxygen atoms in total. The number of rotatable bonds is 4. The van der Waals surface area contributed by atoms with Crippen LogP contribution in [0.25, 0.3) is 0 Å². The van der Waals surface area contributed by atoms with E-state index in [0.717, 1.165) is 11.4 Å². The summed E-state index contributed by atoms with van der Waals surface area (Å²) in [6.45, 7) is 7.62. The van der Waals surface area contributed by atoms with Crippen molar-refractivity contribution >= 4 is 17.5 Å². The number of nitrogens with one attached hydrogen (secondary N) is 2. The van der Waals surface area contributed by atoms with E-state index in [0.29, 0.717) is 16.9 Å². The highest BCUT2D eigenvalue weighted by Gasteiger charge is 2.35. The molecule has 1 aromatic rings. The lowest BCUT2D eigenvalue weighted by Gasteiger charge is -2.32. The summed E-state index contributed by atoms with van der Waals surface area (Å²) >= 11 is 5.93. The zero-order chi connectivity index (χ0) is 16.5. The summed E-state index contributed by atoms with van der Waals surface area (Å²) in [4.78, 5) is 8.36. The van der Waals surface area contributed by atoms with E-state index in [1.807, 2.05) is 32.7 Å². The fourth-order valence-electron chi connectivity index (χ4n) is 2.29. The van der Waals surface area contributed by atoms with Gasteiger partial charge in [0.15, 0.2) is 0 Å². The molecule has 8 heteroatoms. The zero-order valence-electron chi connectivity index (χ0n) is 13.2. The van der Waals surface area contributed by atoms with E-state index < -0.39 is 5.54 Å². The molecule has 2 heterocycles. The Morgan fingerprint density at radius 1 is 1.55 bits per heavy atom. The number of allylic oxidation sites excluding steroid dienone is 1. The first-order valence-corrected chi connectivity index (χ1v) is 7.20. The zero-order valence-corrected chi connectivity index (χ0v) is 14.0. The van der Waals surface area contributed by atoms with Crippen molar-refractivity contribution in [2.24, 2.45) is 0 Å². The largest absolute Gasteiger partial charge is 0.480 e. The van der Waals surface area contributed by atoms with Crippen LogP contribution in [0, 0.1) is 11.3 Å². The lowest BCUT2D eigenvalue weighted by molar-refractivity contribution is 0.157. The number of hydrogen-bond donors (Lipinski definition) is 2. The number of halogens is 1. The highest BCUT2D eigenvalue weighted by Crippen LogP contribution is 2.28. The number of anilines is 1. The Kier molecular flexibility index (Phi) is 4.44. The van der Waals surface area contributed by atoms with Crippen molar-refractivity contribution in [1.29, 1.82) is 5.26 Å². The summed E-state index contributed by atoms with van der Waals surface area (Å²) in [6.07, 6.45) is 1.48. The van der Waals surface area contributed by atoms with Crippen LogP contribution in [0.3, 0.4) is 0 Å². The Bertz CT molecular complexity index is 651. The molecule has 1 aliphatic rings. The third-order valence-corrected chi connectivity index (χ3v) is 3.72. The minimum absolute atomic E-state index is 0.00195. The molecule has 0 saturated carbocycles. The Labute approximate surface area is 134 Å². The van der Waals surface area contributed by atoms with Crippen molar-refractivity contribution in [3.05, 3.63) is 22.6 Å². The van der Waals surface area contributed by atoms with Gasteiger partial charge in [-0.15, -0.1) is 0 Å². The molecule has 2 rings (SSSR count). The second-order valence-electron chi connectivity index (χ2n) is 5.53. The molecule has 0 fully saturated rings. The van der Waals surface area contributed by atoms with Crippen LogP contribution in [-0.2, 0) is 0 Å². The summed E-state index contributed by atoms with van der Waals surface area (Å²) < 4.78 is 5.09. The molecule has 0 saturated heterocycles. The van der Waals surface area contributed by atoms with Gasteiger partial charge in [-0.25, -0.2) is 10.4 Å². The van der Waals surface area contributed by atoms with Gasteiger partial charge in [-0.3, -0.25) is 5.01 Å². The quantitative estimate of drug-likeness (QED) is 0.879. The van der Waals surface area contributed by atoms with Crippen molar-refractivity contribution in [2.75, 3.05) is 12.4 Å². The highest BCUT2D eigenvalue weighted by atomic mass is 35.5. The Morgan fingerprint density at radius 3 is 2.82 bits per heavy atom. The summed E-state index contributed by atoms with van der Waals surface area (Å²) in [5, 5.41) is 14.7. The Hall–Kier alpha value is -2.04. The number of nitrogens with zero attached hydrogens (tertiary/aromatic N) is 4. The normalized spacial score (nSPS) is 18.4. The lowest BCUT2D eigenvalue weighted by atomic mass is 10.1. The van der Waals surface area contributed by atoms with Gasteiger partial charge in [0.1, 0.15) is 10.6 Å². The molecule has 118 valence electrons. The van der Waals surface area contributed by atoms with Gasteiger partial charge in [0.2, 0.25) is 11.8 Å². The molecule has 2 N–H and O–H groups in total. The van der Waals surface area contributed by atoms with Crippen molar-refractivity contribution in [3.8, 4) is 11.9 Å². The molecule has 0 amide bonds. The number of nitriles is 1. The molecule has 1 unspecified atom stereocenters. The van der Waals surface area contributed by atoms with E-state index in [1.165, 1.54) is 13.3 Å². The third kappa shape index (κ3) is 2.93. The fourth-order valence-corrected chi connectivity index (χ4v) is 2.46. The predicted molar refractivity (Wildman–Crippen MR) is 84.0 cm³/mol. The molecule has 1 atom stereocenters. The summed E-state index contributed by atoms with van der Waals surface area (Å²) in [5.74, 6) is 0.700. The molecule has 0 radical (unpaired) electrons. The van der Waals surface area contributed by atoms with Crippen molar-refractivity contribution in [1.82, 2.24) is 20.4 Å². The summed E-state index contributed by atoms with van der Waals surface area (Å²) in [7, 11) is 1.50. The second kappa shape index (κ2) is 5.99. The first kappa shape index (κ1) is 16.3. The van der Waals surface area contributed by atoms with Crippen LogP contribution in [-0.4, -0.2) is 33.7 Å². The third-order valence-electron chi connectivity index (χ3n) is 3.47. The Balaban J connectivity index is 2.30. The standard InChI is InChI=1S/C14H19ClN6O/c1-8-11(9(2)21(20-8)14(3,4)7-16)18-13-17-6-10(15)12(19-13)22-5/h6,8,20H,1-5H3,(H,17,18,19). The molecule has 0 bridgehead atoms. The number of methoxy groups -OCH3 is 1. The van der Waals surface area contributed by atoms with Crippen LogP contribution in [0.4, 0.5) is 5.95 Å². The number of aromatic nitrogens is 2. The van der Waals surface area contributed by atoms with E-state index in [2.05, 4.69) is 26.8 Å². The van der Waals surface area contributed by atoms with Gasteiger partial charge in [-0.05, 0) is 27.7 Å². The van der Waals surface area contributed by atoms with E-state index in [4.69, 9.17) is 16.3 Å². The van der Waals surface area contributed by atoms with Gasteiger partial charge in [-0.2, -0.15) is 10.2 Å². The maximum Gasteiger partial charge on any atom is 0.237 e. The predicted octanol–water partition coefficient (Wildman–Crippen LogP) is 2.29. The van der Waals surface area contributed by atoms with E-state index in [1.54, 1.807) is 0 Å². The van der Waals surface area contributed by atoms with Crippen LogP contribution in [0.15, 0.2) is 17.6 Å². The topological polar surface area (TPSA) is 86.1 Å². The maximum atomic E-state index is 9.30. The first-order chi connectivity index (χ1) is 10.3. The van der Waals surface area contributed by atoms with Crippen molar-refractivity contribution < 1.29 is 4.74 Å². The van der Waals surface area contributed by atoms with E-state index >= 15 is 0 Å². The molecule has 0 aliphatic carbocycles. The van der Waals surface area contributed by atoms with E-state index in [9.17, 15) is 5.26 Å². The molecule has 22 heavy (non-hydrogen) atoms. The number of ether oxygens (including phenoxy) is 1. The van der Waals surface area contributed by atoms with Gasteiger partial charge in [0, 0.05) is 5.70 Å². The average Bonchev–Trinajstić information content (AvgIpc) is 2.77. The average molecular weight is 323 g/mol. The maximum absolute atomic E-state index is 9.30. The fraction of sp³-hybridized carbons (Fsp3) is 0.500. The van der Waals surface area contributed by atoms with Gasteiger partial charge in [-0.1, -0.05) is 11.6 Å². The number of hydrogen-bond acceptors (Lipinski definition) is 7. The lowest BCUT2D eigenvalue weighted by Crippen LogP contribution is -2.48. The van der Waals surface area contributed by atoms with Crippen LogP contribution in [0.5, 0.6) is 5.88 Å². The van der Waals surface area contributed by atoms with Gasteiger partial charge in [0.25, 0.3) is 0 Å². The first-order valence-electron chi connectivity index (χ1n) is 6.82. The van der Waals surface area contributed by atoms with Gasteiger partial charge >= 0.3 is 0 Å². The molecule has 1 aliphatic heterocycles. The molecule has 0 spiro atoms. The van der Waals surface area contributed by atoms with Crippen LogP contribution >= 0.6 is 11.6 Å². The Morgan fingerprint density at radius 2 is 2.23 bits per heavy atom. The number of hydrazine groups is 1.